The van der Waals surface area contributed by atoms with E-state index in [1.54, 1.807) is 0 Å². The minimum Gasteiger partial charge on any atom is -0.494 e. The van der Waals surface area contributed by atoms with Crippen molar-refractivity contribution in [1.29, 1.82) is 0 Å². The van der Waals surface area contributed by atoms with Crippen LogP contribution in [0.5, 0.6) is 5.75 Å². The molecule has 2 aliphatic rings. The van der Waals surface area contributed by atoms with Gasteiger partial charge in [-0.05, 0) is 43.5 Å². The Morgan fingerprint density at radius 1 is 1.14 bits per heavy atom. The molecule has 5 rings (SSSR count). The van der Waals surface area contributed by atoms with Gasteiger partial charge in [0.1, 0.15) is 17.0 Å². The molecule has 3 heterocycles. The molecule has 5 heteroatoms. The van der Waals surface area contributed by atoms with Crippen LogP contribution in [0.25, 0.3) is 11.0 Å². The smallest absolute Gasteiger partial charge is 0.360 e. The molecular weight excluding hydrogens is 354 g/mol. The highest BCUT2D eigenvalue weighted by Gasteiger charge is 2.42. The molecule has 0 saturated carbocycles. The van der Waals surface area contributed by atoms with Crippen LogP contribution in [0.3, 0.4) is 0 Å². The first-order valence-electron chi connectivity index (χ1n) is 9.93. The Labute approximate surface area is 163 Å². The van der Waals surface area contributed by atoms with Crippen LogP contribution >= 0.6 is 0 Å². The van der Waals surface area contributed by atoms with Gasteiger partial charge in [-0.1, -0.05) is 30.3 Å². The van der Waals surface area contributed by atoms with Crippen molar-refractivity contribution in [3.63, 3.8) is 0 Å². The van der Waals surface area contributed by atoms with Crippen molar-refractivity contribution >= 4 is 16.7 Å². The summed E-state index contributed by atoms with van der Waals surface area (Å²) in [5.41, 5.74) is 2.87. The fraction of sp³-hybridized carbons (Fsp3) is 0.348. The normalized spacial score (nSPS) is 23.5. The highest BCUT2D eigenvalue weighted by Crippen LogP contribution is 2.50. The molecular formula is C23H23NO4. The maximum Gasteiger partial charge on any atom is 0.360 e. The zero-order valence-electron chi connectivity index (χ0n) is 15.8. The zero-order chi connectivity index (χ0) is 19.1. The molecule has 0 spiro atoms. The van der Waals surface area contributed by atoms with Crippen LogP contribution in [0.4, 0.5) is 5.69 Å². The van der Waals surface area contributed by atoms with Crippen LogP contribution in [0.2, 0.25) is 0 Å². The Morgan fingerprint density at radius 2 is 1.96 bits per heavy atom. The lowest BCUT2D eigenvalue weighted by Crippen LogP contribution is -2.38. The van der Waals surface area contributed by atoms with Crippen molar-refractivity contribution in [3.05, 3.63) is 70.1 Å². The summed E-state index contributed by atoms with van der Waals surface area (Å²) in [6.45, 7) is 3.33. The number of para-hydroxylation sites is 1. The van der Waals surface area contributed by atoms with Crippen LogP contribution in [-0.4, -0.2) is 13.2 Å². The van der Waals surface area contributed by atoms with E-state index in [1.807, 2.05) is 43.3 Å². The summed E-state index contributed by atoms with van der Waals surface area (Å²) in [5, 5.41) is 4.45. The molecule has 0 bridgehead atoms. The van der Waals surface area contributed by atoms with Gasteiger partial charge in [-0.3, -0.25) is 0 Å². The quantitative estimate of drug-likeness (QED) is 0.663. The molecule has 0 unspecified atom stereocenters. The molecule has 2 aliphatic heterocycles. The molecule has 144 valence electrons. The van der Waals surface area contributed by atoms with Crippen LogP contribution < -0.4 is 15.7 Å². The predicted molar refractivity (Wildman–Crippen MR) is 108 cm³/mol. The molecule has 0 radical (unpaired) electrons. The Kier molecular flexibility index (Phi) is 4.32. The average Bonchev–Trinajstić information content (AvgIpc) is 2.74. The maximum absolute atomic E-state index is 12.8. The summed E-state index contributed by atoms with van der Waals surface area (Å²) in [7, 11) is 0. The van der Waals surface area contributed by atoms with E-state index in [-0.39, 0.29) is 23.7 Å². The van der Waals surface area contributed by atoms with Crippen LogP contribution in [-0.2, 0) is 4.74 Å². The molecule has 2 aromatic carbocycles. The van der Waals surface area contributed by atoms with Gasteiger partial charge in [0.15, 0.2) is 0 Å². The number of nitrogens with one attached hydrogen (secondary N) is 1. The van der Waals surface area contributed by atoms with E-state index in [0.29, 0.717) is 24.5 Å². The summed E-state index contributed by atoms with van der Waals surface area (Å²) in [4.78, 5) is 12.8. The molecule has 3 atom stereocenters. The van der Waals surface area contributed by atoms with Gasteiger partial charge in [-0.15, -0.1) is 0 Å². The molecule has 0 aliphatic carbocycles. The van der Waals surface area contributed by atoms with E-state index in [1.165, 1.54) is 0 Å². The summed E-state index contributed by atoms with van der Waals surface area (Å²) >= 11 is 0. The number of benzene rings is 2. The van der Waals surface area contributed by atoms with E-state index in [0.717, 1.165) is 35.1 Å². The lowest BCUT2D eigenvalue weighted by molar-refractivity contribution is -0.0375. The van der Waals surface area contributed by atoms with Gasteiger partial charge in [-0.2, -0.15) is 0 Å². The first-order chi connectivity index (χ1) is 13.8. The largest absolute Gasteiger partial charge is 0.494 e. The molecule has 5 nitrogen and oxygen atoms in total. The third-order valence-corrected chi connectivity index (χ3v) is 5.78. The van der Waals surface area contributed by atoms with Crippen molar-refractivity contribution in [2.45, 2.75) is 31.9 Å². The minimum atomic E-state index is -0.336. The first-order valence-corrected chi connectivity index (χ1v) is 9.93. The predicted octanol–water partition coefficient (Wildman–Crippen LogP) is 4.83. The second kappa shape index (κ2) is 6.99. The lowest BCUT2D eigenvalue weighted by Gasteiger charge is -2.43. The van der Waals surface area contributed by atoms with Gasteiger partial charge in [0.05, 0.1) is 18.8 Å². The number of hydrogen-bond acceptors (Lipinski definition) is 5. The lowest BCUT2D eigenvalue weighted by atomic mass is 9.77. The number of fused-ring (bicyclic) bond motifs is 5. The summed E-state index contributed by atoms with van der Waals surface area (Å²) in [6, 6.07) is 15.8. The third-order valence-electron chi connectivity index (χ3n) is 5.78. The van der Waals surface area contributed by atoms with Crippen LogP contribution in [0, 0.1) is 5.92 Å². The second-order valence-electron chi connectivity index (χ2n) is 7.40. The fourth-order valence-corrected chi connectivity index (χ4v) is 4.58. The van der Waals surface area contributed by atoms with Crippen molar-refractivity contribution < 1.29 is 13.9 Å². The molecule has 0 amide bonds. The number of ether oxygens (including phenoxy) is 2. The molecule has 1 aromatic heterocycles. The summed E-state index contributed by atoms with van der Waals surface area (Å²) in [6.07, 6.45) is 1.95. The Hall–Kier alpha value is -2.79. The summed E-state index contributed by atoms with van der Waals surface area (Å²) < 4.78 is 17.4. The Bertz CT molecular complexity index is 1060. The average molecular weight is 377 g/mol. The highest BCUT2D eigenvalue weighted by molar-refractivity contribution is 5.86. The third kappa shape index (κ3) is 2.78. The van der Waals surface area contributed by atoms with Gasteiger partial charge in [-0.25, -0.2) is 4.79 Å². The molecule has 1 N–H and O–H groups in total. The van der Waals surface area contributed by atoms with Gasteiger partial charge >= 0.3 is 5.63 Å². The number of anilines is 1. The van der Waals surface area contributed by atoms with Crippen LogP contribution in [0.15, 0.2) is 57.7 Å². The van der Waals surface area contributed by atoms with Gasteiger partial charge < -0.3 is 19.2 Å². The molecule has 1 fully saturated rings. The highest BCUT2D eigenvalue weighted by atomic mass is 16.5. The van der Waals surface area contributed by atoms with Crippen molar-refractivity contribution in [1.82, 2.24) is 0 Å². The van der Waals surface area contributed by atoms with E-state index < -0.39 is 0 Å². The number of hydrogen-bond donors (Lipinski definition) is 1. The monoisotopic (exact) mass is 377 g/mol. The second-order valence-corrected chi connectivity index (χ2v) is 7.40. The Morgan fingerprint density at radius 3 is 2.79 bits per heavy atom. The first kappa shape index (κ1) is 17.3. The zero-order valence-corrected chi connectivity index (χ0v) is 15.8. The summed E-state index contributed by atoms with van der Waals surface area (Å²) in [5.74, 6) is 1.11. The van der Waals surface area contributed by atoms with Gasteiger partial charge in [0.25, 0.3) is 0 Å². The van der Waals surface area contributed by atoms with Gasteiger partial charge in [0, 0.05) is 23.5 Å². The van der Waals surface area contributed by atoms with Crippen molar-refractivity contribution in [2.75, 3.05) is 18.5 Å². The van der Waals surface area contributed by atoms with E-state index >= 15 is 0 Å². The fourth-order valence-electron chi connectivity index (χ4n) is 4.58. The molecule has 1 saturated heterocycles. The van der Waals surface area contributed by atoms with Crippen molar-refractivity contribution in [2.24, 2.45) is 5.92 Å². The van der Waals surface area contributed by atoms with E-state index in [2.05, 4.69) is 17.4 Å². The number of rotatable bonds is 3. The topological polar surface area (TPSA) is 60.7 Å². The maximum atomic E-state index is 12.8. The SMILES string of the molecule is CCOc1ccc([C@H]2Nc3c(c4ccccc4oc3=O)[C@@H]3OCCC[C@H]23)cc1. The van der Waals surface area contributed by atoms with E-state index in [9.17, 15) is 4.79 Å². The van der Waals surface area contributed by atoms with Crippen molar-refractivity contribution in [3.8, 4) is 5.75 Å². The Balaban J connectivity index is 1.63. The molecule has 28 heavy (non-hydrogen) atoms. The standard InChI is InChI=1S/C23H23NO4/c1-2-26-15-11-9-14(10-12-15)20-17-7-5-13-27-22(17)19-16-6-3-4-8-18(16)28-23(25)21(19)24-20/h3-4,6,8-12,17,20,22,24H,2,5,7,13H2,1H3/t17-,20-,22-/m1/s1. The molecule has 3 aromatic rings. The van der Waals surface area contributed by atoms with Gasteiger partial charge in [0.2, 0.25) is 0 Å². The van der Waals surface area contributed by atoms with E-state index in [4.69, 9.17) is 13.9 Å². The van der Waals surface area contributed by atoms with Crippen LogP contribution in [0.1, 0.15) is 43.0 Å². The minimum absolute atomic E-state index is 0.00228.